The number of alkyl halides is 3. The Kier molecular flexibility index (Phi) is 6.78. The average molecular weight is 441 g/mol. The second-order valence-corrected chi connectivity index (χ2v) is 7.27. The quantitative estimate of drug-likeness (QED) is 0.733. The maximum atomic E-state index is 12.6. The molecule has 2 aliphatic heterocycles. The van der Waals surface area contributed by atoms with Gasteiger partial charge in [-0.3, -0.25) is 14.9 Å². The number of piperidine rings is 1. The number of aliphatic carboxylic acids is 1. The van der Waals surface area contributed by atoms with Crippen molar-refractivity contribution >= 4 is 17.6 Å². The first kappa shape index (κ1) is 22.5. The first-order valence-electron chi connectivity index (χ1n) is 9.58. The maximum Gasteiger partial charge on any atom is 0.490 e. The molecule has 2 aromatic heterocycles. The zero-order valence-corrected chi connectivity index (χ0v) is 16.5. The highest BCUT2D eigenvalue weighted by Crippen LogP contribution is 2.31. The number of pyridine rings is 1. The fourth-order valence-electron chi connectivity index (χ4n) is 3.67. The average Bonchev–Trinajstić information content (AvgIpc) is 3.29. The molecule has 9 nitrogen and oxygen atoms in total. The molecule has 2 aliphatic rings. The third-order valence-electron chi connectivity index (χ3n) is 5.06. The monoisotopic (exact) mass is 441 g/mol. The van der Waals surface area contributed by atoms with E-state index in [1.807, 2.05) is 17.2 Å². The molecule has 1 atom stereocenters. The molecule has 0 bridgehead atoms. The van der Waals surface area contributed by atoms with Crippen molar-refractivity contribution in [1.29, 1.82) is 0 Å². The summed E-state index contributed by atoms with van der Waals surface area (Å²) in [6.07, 6.45) is 2.20. The molecule has 1 amide bonds. The number of H-pyrrole nitrogens is 1. The molecule has 1 spiro atoms. The first-order chi connectivity index (χ1) is 14.7. The Morgan fingerprint density at radius 2 is 1.97 bits per heavy atom. The largest absolute Gasteiger partial charge is 0.490 e. The Balaban J connectivity index is 0.000000339. The molecule has 0 radical (unpaired) electrons. The van der Waals surface area contributed by atoms with E-state index in [9.17, 15) is 18.0 Å². The number of aromatic nitrogens is 3. The van der Waals surface area contributed by atoms with Crippen LogP contribution in [0.15, 0.2) is 36.8 Å². The number of carboxylic acid groups (broad SMARTS) is 1. The number of rotatable bonds is 2. The van der Waals surface area contributed by atoms with E-state index in [4.69, 9.17) is 14.6 Å². The van der Waals surface area contributed by atoms with Gasteiger partial charge in [-0.25, -0.2) is 4.79 Å². The second-order valence-electron chi connectivity index (χ2n) is 7.27. The van der Waals surface area contributed by atoms with Gasteiger partial charge in [0.05, 0.1) is 25.0 Å². The molecule has 2 fully saturated rings. The van der Waals surface area contributed by atoms with Crippen molar-refractivity contribution in [3.63, 3.8) is 0 Å². The molecular formula is C19H22F3N5O4. The van der Waals surface area contributed by atoms with E-state index in [0.717, 1.165) is 31.6 Å². The fourth-order valence-corrected chi connectivity index (χ4v) is 3.67. The van der Waals surface area contributed by atoms with Crippen LogP contribution in [0.5, 0.6) is 0 Å². The van der Waals surface area contributed by atoms with Crippen molar-refractivity contribution in [1.82, 2.24) is 20.1 Å². The number of halogens is 3. The number of hydrogen-bond donors (Lipinski definition) is 2. The van der Waals surface area contributed by atoms with Gasteiger partial charge < -0.3 is 19.6 Å². The summed E-state index contributed by atoms with van der Waals surface area (Å²) in [4.78, 5) is 29.9. The third kappa shape index (κ3) is 5.72. The van der Waals surface area contributed by atoms with Crippen LogP contribution < -0.4 is 4.90 Å². The van der Waals surface area contributed by atoms with Gasteiger partial charge in [0.2, 0.25) is 0 Å². The topological polar surface area (TPSA) is 112 Å². The fraction of sp³-hybridized carbons (Fsp3) is 0.474. The van der Waals surface area contributed by atoms with Gasteiger partial charge in [0.25, 0.3) is 5.91 Å². The summed E-state index contributed by atoms with van der Waals surface area (Å²) in [5.41, 5.74) is 1.34. The molecular weight excluding hydrogens is 419 g/mol. The Labute approximate surface area is 175 Å². The highest BCUT2D eigenvalue weighted by molar-refractivity contribution is 5.92. The second kappa shape index (κ2) is 9.33. The normalized spacial score (nSPS) is 21.4. The Hall–Kier alpha value is -3.15. The smallest absolute Gasteiger partial charge is 0.475 e. The van der Waals surface area contributed by atoms with Crippen molar-refractivity contribution in [3.05, 3.63) is 42.5 Å². The predicted molar refractivity (Wildman–Crippen MR) is 103 cm³/mol. The SMILES string of the molecule is O=C(O)C(F)(F)F.O=C(c1ccn[nH]1)N1CCOC2(CCCN(c3cccnc3)C2)C1. The Morgan fingerprint density at radius 1 is 1.19 bits per heavy atom. The van der Waals surface area contributed by atoms with Crippen molar-refractivity contribution in [3.8, 4) is 0 Å². The summed E-state index contributed by atoms with van der Waals surface area (Å²) in [5, 5.41) is 13.8. The lowest BCUT2D eigenvalue weighted by Gasteiger charge is -2.48. The van der Waals surface area contributed by atoms with Crippen molar-refractivity contribution in [2.75, 3.05) is 37.7 Å². The summed E-state index contributed by atoms with van der Waals surface area (Å²) in [6, 6.07) is 5.74. The van der Waals surface area contributed by atoms with E-state index in [1.165, 1.54) is 0 Å². The van der Waals surface area contributed by atoms with Gasteiger partial charge in [0.15, 0.2) is 0 Å². The van der Waals surface area contributed by atoms with Crippen LogP contribution in [-0.4, -0.2) is 81.6 Å². The number of nitrogens with zero attached hydrogens (tertiary/aromatic N) is 4. The molecule has 12 heteroatoms. The van der Waals surface area contributed by atoms with Gasteiger partial charge in [0, 0.05) is 32.0 Å². The minimum atomic E-state index is -5.08. The zero-order chi connectivity index (χ0) is 22.5. The lowest BCUT2D eigenvalue weighted by Crippen LogP contribution is -2.60. The molecule has 2 aromatic rings. The molecule has 0 saturated carbocycles. The zero-order valence-electron chi connectivity index (χ0n) is 16.5. The van der Waals surface area contributed by atoms with Crippen LogP contribution in [0, 0.1) is 0 Å². The number of aromatic amines is 1. The van der Waals surface area contributed by atoms with Crippen LogP contribution in [-0.2, 0) is 9.53 Å². The summed E-state index contributed by atoms with van der Waals surface area (Å²) >= 11 is 0. The molecule has 31 heavy (non-hydrogen) atoms. The summed E-state index contributed by atoms with van der Waals surface area (Å²) in [7, 11) is 0. The Bertz CT molecular complexity index is 874. The number of carbonyl (C=O) groups excluding carboxylic acids is 1. The molecule has 1 unspecified atom stereocenters. The van der Waals surface area contributed by atoms with Crippen LogP contribution in [0.2, 0.25) is 0 Å². The number of hydrogen-bond acceptors (Lipinski definition) is 6. The molecule has 4 heterocycles. The van der Waals surface area contributed by atoms with Gasteiger partial charge >= 0.3 is 12.1 Å². The van der Waals surface area contributed by atoms with Crippen molar-refractivity contribution in [2.24, 2.45) is 0 Å². The lowest BCUT2D eigenvalue weighted by atomic mass is 9.90. The number of morpholine rings is 1. The molecule has 0 aliphatic carbocycles. The number of carboxylic acids is 1. The summed E-state index contributed by atoms with van der Waals surface area (Å²) in [6.45, 7) is 3.58. The van der Waals surface area contributed by atoms with E-state index in [0.29, 0.717) is 25.4 Å². The highest BCUT2D eigenvalue weighted by Gasteiger charge is 2.42. The van der Waals surface area contributed by atoms with Gasteiger partial charge in [-0.1, -0.05) is 0 Å². The minimum absolute atomic E-state index is 0.00586. The summed E-state index contributed by atoms with van der Waals surface area (Å²) < 4.78 is 37.9. The first-order valence-corrected chi connectivity index (χ1v) is 9.58. The number of amides is 1. The number of anilines is 1. The van der Waals surface area contributed by atoms with E-state index in [2.05, 4.69) is 26.1 Å². The standard InChI is InChI=1S/C17H21N5O2.C2HF3O2/c23-16(15-4-7-19-20-15)22-9-10-24-17(13-22)5-2-8-21(12-17)14-3-1-6-18-11-14;3-2(4,5)1(6)7/h1,3-4,6-7,11H,2,5,8-10,12-13H2,(H,19,20);(H,6,7). The van der Waals surface area contributed by atoms with E-state index in [-0.39, 0.29) is 11.5 Å². The van der Waals surface area contributed by atoms with Gasteiger partial charge in [-0.2, -0.15) is 18.3 Å². The molecule has 0 aromatic carbocycles. The van der Waals surface area contributed by atoms with Crippen molar-refractivity contribution < 1.29 is 32.6 Å². The Morgan fingerprint density at radius 3 is 2.58 bits per heavy atom. The van der Waals surface area contributed by atoms with Gasteiger partial charge in [0.1, 0.15) is 11.3 Å². The lowest BCUT2D eigenvalue weighted by molar-refractivity contribution is -0.192. The van der Waals surface area contributed by atoms with Crippen LogP contribution in [0.4, 0.5) is 18.9 Å². The van der Waals surface area contributed by atoms with E-state index >= 15 is 0 Å². The molecule has 2 saturated heterocycles. The van der Waals surface area contributed by atoms with Gasteiger partial charge in [-0.05, 0) is 31.0 Å². The van der Waals surface area contributed by atoms with E-state index in [1.54, 1.807) is 18.5 Å². The third-order valence-corrected chi connectivity index (χ3v) is 5.06. The highest BCUT2D eigenvalue weighted by atomic mass is 19.4. The van der Waals surface area contributed by atoms with Gasteiger partial charge in [-0.15, -0.1) is 0 Å². The number of nitrogens with one attached hydrogen (secondary N) is 1. The predicted octanol–water partition coefficient (Wildman–Crippen LogP) is 1.95. The van der Waals surface area contributed by atoms with Crippen LogP contribution in [0.25, 0.3) is 0 Å². The number of ether oxygens (including phenoxy) is 1. The molecule has 4 rings (SSSR count). The van der Waals surface area contributed by atoms with E-state index < -0.39 is 12.1 Å². The van der Waals surface area contributed by atoms with Crippen LogP contribution >= 0.6 is 0 Å². The van der Waals surface area contributed by atoms with Crippen LogP contribution in [0.3, 0.4) is 0 Å². The maximum absolute atomic E-state index is 12.6. The molecule has 2 N–H and O–H groups in total. The molecule has 168 valence electrons. The number of carbonyl (C=O) groups is 2. The van der Waals surface area contributed by atoms with Crippen molar-refractivity contribution in [2.45, 2.75) is 24.6 Å². The minimum Gasteiger partial charge on any atom is -0.475 e. The van der Waals surface area contributed by atoms with Crippen LogP contribution in [0.1, 0.15) is 23.3 Å². The summed E-state index contributed by atoms with van der Waals surface area (Å²) in [5.74, 6) is -2.76.